The van der Waals surface area contributed by atoms with Gasteiger partial charge in [-0.25, -0.2) is 0 Å². The number of amides is 1. The number of hydrogen-bond acceptors (Lipinski definition) is 1. The van der Waals surface area contributed by atoms with Crippen molar-refractivity contribution in [3.63, 3.8) is 0 Å². The number of hydrogen-bond donors (Lipinski definition) is 1. The molecule has 0 heterocycles. The Hall–Kier alpha value is -2.27. The third-order valence-electron chi connectivity index (χ3n) is 3.06. The molecule has 1 unspecified atom stereocenters. The average molecular weight is 251 g/mol. The Morgan fingerprint density at radius 2 is 2.00 bits per heavy atom. The van der Waals surface area contributed by atoms with Crippen molar-refractivity contribution in [3.05, 3.63) is 48.0 Å². The van der Waals surface area contributed by atoms with Crippen molar-refractivity contribution in [1.82, 2.24) is 5.32 Å². The minimum Gasteiger partial charge on any atom is -0.352 e. The van der Waals surface area contributed by atoms with Crippen LogP contribution < -0.4 is 5.32 Å². The van der Waals surface area contributed by atoms with Crippen LogP contribution in [-0.2, 0) is 11.2 Å². The quantitative estimate of drug-likeness (QED) is 0.832. The van der Waals surface area contributed by atoms with Crippen LogP contribution >= 0.6 is 0 Å². The van der Waals surface area contributed by atoms with Crippen molar-refractivity contribution in [2.24, 2.45) is 0 Å². The van der Waals surface area contributed by atoms with E-state index in [0.717, 1.165) is 16.3 Å². The summed E-state index contributed by atoms with van der Waals surface area (Å²) < 4.78 is 0. The number of rotatable bonds is 4. The maximum Gasteiger partial charge on any atom is 0.224 e. The number of benzene rings is 2. The minimum atomic E-state index is 0.0131. The van der Waals surface area contributed by atoms with Gasteiger partial charge >= 0.3 is 0 Å². The first-order valence-corrected chi connectivity index (χ1v) is 6.40. The fraction of sp³-hybridized carbons (Fsp3) is 0.235. The predicted octanol–water partition coefficient (Wildman–Crippen LogP) is 2.91. The number of terminal acetylenes is 1. The SMILES string of the molecule is C#CCC(C)NC(=O)Cc1cccc2ccccc12. The molecule has 0 bridgehead atoms. The van der Waals surface area contributed by atoms with Gasteiger partial charge in [0, 0.05) is 12.5 Å². The molecule has 2 nitrogen and oxygen atoms in total. The lowest BCUT2D eigenvalue weighted by molar-refractivity contribution is -0.120. The summed E-state index contributed by atoms with van der Waals surface area (Å²) in [5.41, 5.74) is 1.04. The largest absolute Gasteiger partial charge is 0.352 e. The van der Waals surface area contributed by atoms with Crippen LogP contribution in [0.25, 0.3) is 10.8 Å². The highest BCUT2D eigenvalue weighted by Crippen LogP contribution is 2.18. The molecule has 0 aliphatic rings. The van der Waals surface area contributed by atoms with Gasteiger partial charge in [0.25, 0.3) is 0 Å². The normalized spacial score (nSPS) is 11.8. The zero-order valence-electron chi connectivity index (χ0n) is 11.0. The van der Waals surface area contributed by atoms with Crippen LogP contribution in [0.5, 0.6) is 0 Å². The van der Waals surface area contributed by atoms with Crippen LogP contribution in [0.1, 0.15) is 18.9 Å². The molecule has 2 aromatic rings. The summed E-state index contributed by atoms with van der Waals surface area (Å²) >= 11 is 0. The van der Waals surface area contributed by atoms with Gasteiger partial charge in [0.05, 0.1) is 6.42 Å². The highest BCUT2D eigenvalue weighted by molar-refractivity contribution is 5.90. The summed E-state index contributed by atoms with van der Waals surface area (Å²) in [7, 11) is 0. The third-order valence-corrected chi connectivity index (χ3v) is 3.06. The molecule has 0 radical (unpaired) electrons. The maximum absolute atomic E-state index is 12.0. The molecule has 1 atom stereocenters. The summed E-state index contributed by atoms with van der Waals surface area (Å²) in [6.45, 7) is 1.92. The first-order chi connectivity index (χ1) is 9.20. The van der Waals surface area contributed by atoms with Gasteiger partial charge in [-0.2, -0.15) is 0 Å². The third kappa shape index (κ3) is 3.35. The molecule has 0 aliphatic heterocycles. The van der Waals surface area contributed by atoms with Gasteiger partial charge in [-0.15, -0.1) is 12.3 Å². The highest BCUT2D eigenvalue weighted by atomic mass is 16.1. The molecule has 2 heteroatoms. The van der Waals surface area contributed by atoms with E-state index in [0.29, 0.717) is 12.8 Å². The van der Waals surface area contributed by atoms with Gasteiger partial charge in [-0.1, -0.05) is 42.5 Å². The van der Waals surface area contributed by atoms with E-state index in [1.165, 1.54) is 0 Å². The Labute approximate surface area is 113 Å². The second-order valence-electron chi connectivity index (χ2n) is 4.69. The van der Waals surface area contributed by atoms with Gasteiger partial charge in [0.15, 0.2) is 0 Å². The molecule has 0 aliphatic carbocycles. The molecule has 0 aromatic heterocycles. The van der Waals surface area contributed by atoms with Crippen molar-refractivity contribution in [3.8, 4) is 12.3 Å². The molecular formula is C17H17NO. The van der Waals surface area contributed by atoms with Crippen molar-refractivity contribution in [2.45, 2.75) is 25.8 Å². The second-order valence-corrected chi connectivity index (χ2v) is 4.69. The Morgan fingerprint density at radius 3 is 2.79 bits per heavy atom. The highest BCUT2D eigenvalue weighted by Gasteiger charge is 2.09. The van der Waals surface area contributed by atoms with Crippen LogP contribution in [0.15, 0.2) is 42.5 Å². The summed E-state index contributed by atoms with van der Waals surface area (Å²) in [6.07, 6.45) is 6.17. The summed E-state index contributed by atoms with van der Waals surface area (Å²) in [5.74, 6) is 2.56. The molecule has 96 valence electrons. The predicted molar refractivity (Wildman–Crippen MR) is 78.7 cm³/mol. The van der Waals surface area contributed by atoms with E-state index in [1.54, 1.807) is 0 Å². The molecule has 2 rings (SSSR count). The van der Waals surface area contributed by atoms with Crippen molar-refractivity contribution in [2.75, 3.05) is 0 Å². The molecular weight excluding hydrogens is 234 g/mol. The van der Waals surface area contributed by atoms with Crippen LogP contribution in [0.2, 0.25) is 0 Å². The number of carbonyl (C=O) groups is 1. The van der Waals surface area contributed by atoms with Crippen LogP contribution in [0, 0.1) is 12.3 Å². The lowest BCUT2D eigenvalue weighted by atomic mass is 10.0. The fourth-order valence-electron chi connectivity index (χ4n) is 2.17. The van der Waals surface area contributed by atoms with E-state index < -0.39 is 0 Å². The van der Waals surface area contributed by atoms with Gasteiger partial charge in [-0.05, 0) is 23.3 Å². The van der Waals surface area contributed by atoms with Crippen molar-refractivity contribution in [1.29, 1.82) is 0 Å². The van der Waals surface area contributed by atoms with Gasteiger partial charge < -0.3 is 5.32 Å². The monoisotopic (exact) mass is 251 g/mol. The average Bonchev–Trinajstić information content (AvgIpc) is 2.39. The smallest absolute Gasteiger partial charge is 0.224 e. The molecule has 19 heavy (non-hydrogen) atoms. The van der Waals surface area contributed by atoms with Gasteiger partial charge in [0.1, 0.15) is 0 Å². The van der Waals surface area contributed by atoms with E-state index >= 15 is 0 Å². The Morgan fingerprint density at radius 1 is 1.26 bits per heavy atom. The molecule has 0 fully saturated rings. The van der Waals surface area contributed by atoms with Crippen LogP contribution in [-0.4, -0.2) is 11.9 Å². The first-order valence-electron chi connectivity index (χ1n) is 6.40. The number of nitrogens with one attached hydrogen (secondary N) is 1. The van der Waals surface area contributed by atoms with Crippen LogP contribution in [0.4, 0.5) is 0 Å². The second kappa shape index (κ2) is 6.06. The van der Waals surface area contributed by atoms with E-state index in [4.69, 9.17) is 6.42 Å². The van der Waals surface area contributed by atoms with E-state index in [1.807, 2.05) is 37.3 Å². The zero-order chi connectivity index (χ0) is 13.7. The molecule has 1 N–H and O–H groups in total. The van der Waals surface area contributed by atoms with Gasteiger partial charge in [0.2, 0.25) is 5.91 Å². The Bertz CT molecular complexity index is 619. The number of fused-ring (bicyclic) bond motifs is 1. The van der Waals surface area contributed by atoms with Crippen molar-refractivity contribution >= 4 is 16.7 Å². The van der Waals surface area contributed by atoms with Gasteiger partial charge in [-0.3, -0.25) is 4.79 Å². The zero-order valence-corrected chi connectivity index (χ0v) is 11.0. The molecule has 2 aromatic carbocycles. The Kier molecular flexibility index (Phi) is 4.20. The summed E-state index contributed by atoms with van der Waals surface area (Å²) in [4.78, 5) is 12.0. The lowest BCUT2D eigenvalue weighted by Crippen LogP contribution is -2.33. The standard InChI is InChI=1S/C17H17NO/c1-3-7-13(2)18-17(19)12-15-10-6-9-14-8-4-5-11-16(14)15/h1,4-6,8-11,13H,7,12H2,2H3,(H,18,19). The Balaban J connectivity index is 2.13. The fourth-order valence-corrected chi connectivity index (χ4v) is 2.17. The van der Waals surface area contributed by atoms with E-state index in [2.05, 4.69) is 23.4 Å². The summed E-state index contributed by atoms with van der Waals surface area (Å²) in [5, 5.41) is 5.20. The maximum atomic E-state index is 12.0. The van der Waals surface area contributed by atoms with Crippen LogP contribution in [0.3, 0.4) is 0 Å². The topological polar surface area (TPSA) is 29.1 Å². The van der Waals surface area contributed by atoms with E-state index in [-0.39, 0.29) is 11.9 Å². The lowest BCUT2D eigenvalue weighted by Gasteiger charge is -2.12. The molecule has 0 spiro atoms. The number of carbonyl (C=O) groups excluding carboxylic acids is 1. The van der Waals surface area contributed by atoms with E-state index in [9.17, 15) is 4.79 Å². The molecule has 1 amide bonds. The summed E-state index contributed by atoms with van der Waals surface area (Å²) in [6, 6.07) is 14.1. The minimum absolute atomic E-state index is 0.0131. The molecule has 0 saturated carbocycles. The first kappa shape index (κ1) is 13.2. The molecule has 0 saturated heterocycles. The van der Waals surface area contributed by atoms with Crippen molar-refractivity contribution < 1.29 is 4.79 Å².